The second-order valence-corrected chi connectivity index (χ2v) is 7.32. The summed E-state index contributed by atoms with van der Waals surface area (Å²) < 4.78 is 5.70. The normalized spacial score (nSPS) is 13.8. The summed E-state index contributed by atoms with van der Waals surface area (Å²) in [4.78, 5) is 45.4. The fourth-order valence-electron chi connectivity index (χ4n) is 1.85. The van der Waals surface area contributed by atoms with Crippen LogP contribution in [0.2, 0.25) is 0 Å². The van der Waals surface area contributed by atoms with E-state index < -0.39 is 29.9 Å². The Morgan fingerprint density at radius 1 is 1.17 bits per heavy atom. The molecule has 2 amide bonds. The van der Waals surface area contributed by atoms with Crippen molar-refractivity contribution >= 4 is 34.7 Å². The largest absolute Gasteiger partial charge is 0.456 e. The smallest absolute Gasteiger partial charge is 0.303 e. The zero-order valence-electron chi connectivity index (χ0n) is 14.3. The number of likely N-dealkylation sites (N-methyl/N-ethyl adjacent to an activating group) is 1. The molecule has 23 heavy (non-hydrogen) atoms. The van der Waals surface area contributed by atoms with Crippen molar-refractivity contribution in [1.29, 1.82) is 0 Å². The minimum atomic E-state index is -0.910. The molecule has 0 rings (SSSR count). The maximum absolute atomic E-state index is 12.0. The Morgan fingerprint density at radius 2 is 1.74 bits per heavy atom. The van der Waals surface area contributed by atoms with Crippen LogP contribution in [0.4, 0.5) is 0 Å². The topological polar surface area (TPSA) is 116 Å². The highest BCUT2D eigenvalue weighted by Crippen LogP contribution is 2.13. The predicted molar refractivity (Wildman–Crippen MR) is 87.3 cm³/mol. The van der Waals surface area contributed by atoms with Gasteiger partial charge in [0, 0.05) is 19.6 Å². The van der Waals surface area contributed by atoms with Gasteiger partial charge in [-0.3, -0.25) is 19.2 Å². The monoisotopic (exact) mass is 348 g/mol. The number of rotatable bonds is 9. The minimum Gasteiger partial charge on any atom is -0.456 e. The number of thioether (sulfide) groups is 1. The minimum absolute atomic E-state index is 0.0331. The van der Waals surface area contributed by atoms with Crippen LogP contribution in [-0.2, 0) is 23.9 Å². The molecular weight excluding hydrogens is 322 g/mol. The molecule has 2 atom stereocenters. The third kappa shape index (κ3) is 11.6. The number of quaternary nitrogens is 1. The number of carbonyl (C=O) groups is 4. The zero-order chi connectivity index (χ0) is 18.2. The number of hydrogen-bond donors (Lipinski definition) is 2. The van der Waals surface area contributed by atoms with Crippen LogP contribution in [-0.4, -0.2) is 73.0 Å². The summed E-state index contributed by atoms with van der Waals surface area (Å²) in [5.41, 5.74) is 5.17. The summed E-state index contributed by atoms with van der Waals surface area (Å²) >= 11 is 0.884. The van der Waals surface area contributed by atoms with Crippen molar-refractivity contribution in [1.82, 2.24) is 5.32 Å². The lowest BCUT2D eigenvalue weighted by atomic mass is 10.2. The van der Waals surface area contributed by atoms with Crippen molar-refractivity contribution in [3.8, 4) is 0 Å². The fraction of sp³-hybridized carbons (Fsp3) is 0.714. The summed E-state index contributed by atoms with van der Waals surface area (Å²) in [6, 6.07) is -0.910. The molecule has 0 radical (unpaired) electrons. The molecule has 0 fully saturated rings. The maximum atomic E-state index is 12.0. The third-order valence-corrected chi connectivity index (χ3v) is 3.60. The molecule has 0 heterocycles. The number of hydrogen-bond acceptors (Lipinski definition) is 6. The lowest BCUT2D eigenvalue weighted by Crippen LogP contribution is -2.45. The van der Waals surface area contributed by atoms with E-state index in [0.29, 0.717) is 11.0 Å². The SMILES string of the molecule is CC(=O)NC(CSC(=O)C[C@H](C[N+](C)(C)C)OC(C)=O)C(N)=O. The van der Waals surface area contributed by atoms with Gasteiger partial charge in [0.1, 0.15) is 12.6 Å². The highest BCUT2D eigenvalue weighted by atomic mass is 32.2. The van der Waals surface area contributed by atoms with Crippen LogP contribution in [0.1, 0.15) is 20.3 Å². The van der Waals surface area contributed by atoms with Gasteiger partial charge in [-0.25, -0.2) is 0 Å². The summed E-state index contributed by atoms with van der Waals surface area (Å²) in [6.07, 6.45) is -0.508. The van der Waals surface area contributed by atoms with Crippen molar-refractivity contribution in [3.05, 3.63) is 0 Å². The zero-order valence-corrected chi connectivity index (χ0v) is 15.1. The molecular formula is C14H26N3O5S+. The van der Waals surface area contributed by atoms with Gasteiger partial charge >= 0.3 is 5.97 Å². The lowest BCUT2D eigenvalue weighted by molar-refractivity contribution is -0.873. The molecule has 132 valence electrons. The molecule has 0 aliphatic heterocycles. The number of nitrogens with zero attached hydrogens (tertiary/aromatic N) is 1. The molecule has 0 aliphatic rings. The highest BCUT2D eigenvalue weighted by molar-refractivity contribution is 8.13. The molecule has 3 N–H and O–H groups in total. The van der Waals surface area contributed by atoms with Crippen molar-refractivity contribution < 1.29 is 28.4 Å². The number of esters is 1. The highest BCUT2D eigenvalue weighted by Gasteiger charge is 2.25. The average molecular weight is 348 g/mol. The van der Waals surface area contributed by atoms with E-state index >= 15 is 0 Å². The maximum Gasteiger partial charge on any atom is 0.303 e. The molecule has 9 heteroatoms. The van der Waals surface area contributed by atoms with Crippen LogP contribution in [0.5, 0.6) is 0 Å². The first-order valence-electron chi connectivity index (χ1n) is 7.10. The molecule has 0 bridgehead atoms. The Morgan fingerprint density at radius 3 is 2.13 bits per heavy atom. The molecule has 1 unspecified atom stereocenters. The second kappa shape index (κ2) is 9.51. The average Bonchev–Trinajstić information content (AvgIpc) is 2.30. The first-order valence-corrected chi connectivity index (χ1v) is 8.09. The van der Waals surface area contributed by atoms with Gasteiger partial charge < -0.3 is 20.3 Å². The molecule has 0 aromatic carbocycles. The number of nitrogens with two attached hydrogens (primary N) is 1. The third-order valence-electron chi connectivity index (χ3n) is 2.61. The quantitative estimate of drug-likeness (QED) is 0.419. The van der Waals surface area contributed by atoms with E-state index in [9.17, 15) is 19.2 Å². The van der Waals surface area contributed by atoms with E-state index in [1.165, 1.54) is 13.8 Å². The summed E-state index contributed by atoms with van der Waals surface area (Å²) in [5.74, 6) is -1.51. The van der Waals surface area contributed by atoms with Crippen molar-refractivity contribution in [2.75, 3.05) is 33.4 Å². The molecule has 8 nitrogen and oxygen atoms in total. The van der Waals surface area contributed by atoms with E-state index in [1.807, 2.05) is 21.1 Å². The molecule has 0 aromatic heterocycles. The Hall–Kier alpha value is -1.61. The second-order valence-electron chi connectivity index (χ2n) is 6.25. The van der Waals surface area contributed by atoms with Crippen molar-refractivity contribution in [2.45, 2.75) is 32.4 Å². The van der Waals surface area contributed by atoms with Crippen molar-refractivity contribution in [3.63, 3.8) is 0 Å². The predicted octanol–water partition coefficient (Wildman–Crippen LogP) is -0.736. The van der Waals surface area contributed by atoms with Crippen LogP contribution < -0.4 is 11.1 Å². The van der Waals surface area contributed by atoms with Gasteiger partial charge in [0.25, 0.3) is 0 Å². The molecule has 0 spiro atoms. The van der Waals surface area contributed by atoms with Crippen LogP contribution in [0.25, 0.3) is 0 Å². The van der Waals surface area contributed by atoms with E-state index in [2.05, 4.69) is 5.32 Å². The number of carbonyl (C=O) groups excluding carboxylic acids is 4. The van der Waals surface area contributed by atoms with Gasteiger partial charge in [0.15, 0.2) is 11.2 Å². The summed E-state index contributed by atoms with van der Waals surface area (Å²) in [5, 5.41) is 2.15. The number of primary amides is 1. The summed E-state index contributed by atoms with van der Waals surface area (Å²) in [6.45, 7) is 3.04. The van der Waals surface area contributed by atoms with Crippen LogP contribution in [0.15, 0.2) is 0 Å². The fourth-order valence-corrected chi connectivity index (χ4v) is 2.75. The van der Waals surface area contributed by atoms with Crippen molar-refractivity contribution in [2.24, 2.45) is 5.73 Å². The number of amides is 2. The Labute approximate surface area is 140 Å². The molecule has 0 saturated heterocycles. The van der Waals surface area contributed by atoms with E-state index in [4.69, 9.17) is 10.5 Å². The van der Waals surface area contributed by atoms with Gasteiger partial charge in [0.05, 0.1) is 27.6 Å². The molecule has 0 aliphatic carbocycles. The Kier molecular flexibility index (Phi) is 8.85. The van der Waals surface area contributed by atoms with Crippen LogP contribution >= 0.6 is 11.8 Å². The lowest BCUT2D eigenvalue weighted by Gasteiger charge is -2.28. The standard InChI is InChI=1S/C14H25N3O5S/c1-9(18)16-12(14(15)21)8-23-13(20)6-11(22-10(2)19)7-17(3,4)5/h11-12H,6-8H2,1-5H3,(H2-,15,16,18,21)/p+1/t11-,12?/m1/s1. The van der Waals surface area contributed by atoms with Gasteiger partial charge in [-0.05, 0) is 0 Å². The Balaban J connectivity index is 4.58. The van der Waals surface area contributed by atoms with Crippen LogP contribution in [0, 0.1) is 0 Å². The van der Waals surface area contributed by atoms with E-state index in [0.717, 1.165) is 11.8 Å². The number of nitrogens with one attached hydrogen (secondary N) is 1. The van der Waals surface area contributed by atoms with Crippen LogP contribution in [0.3, 0.4) is 0 Å². The first-order chi connectivity index (χ1) is 10.4. The van der Waals surface area contributed by atoms with E-state index in [1.54, 1.807) is 0 Å². The van der Waals surface area contributed by atoms with E-state index in [-0.39, 0.29) is 17.3 Å². The number of ether oxygens (including phenoxy) is 1. The van der Waals surface area contributed by atoms with Gasteiger partial charge in [-0.2, -0.15) is 0 Å². The molecule has 0 saturated carbocycles. The van der Waals surface area contributed by atoms with Gasteiger partial charge in [0.2, 0.25) is 11.8 Å². The molecule has 0 aromatic rings. The Bertz CT molecular complexity index is 462. The first kappa shape index (κ1) is 21.4. The van der Waals surface area contributed by atoms with Gasteiger partial charge in [-0.15, -0.1) is 0 Å². The summed E-state index contributed by atoms with van der Waals surface area (Å²) in [7, 11) is 5.77. The van der Waals surface area contributed by atoms with Gasteiger partial charge in [-0.1, -0.05) is 11.8 Å².